The fourth-order valence-electron chi connectivity index (χ4n) is 1.71. The normalized spacial score (nSPS) is 25.9. The van der Waals surface area contributed by atoms with Gasteiger partial charge >= 0.3 is 0 Å². The highest BCUT2D eigenvalue weighted by molar-refractivity contribution is 5.85. The molecule has 0 amide bonds. The van der Waals surface area contributed by atoms with Crippen LogP contribution in [0.15, 0.2) is 0 Å². The highest BCUT2D eigenvalue weighted by Gasteiger charge is 2.14. The molecule has 1 saturated heterocycles. The molecule has 1 rings (SSSR count). The third kappa shape index (κ3) is 3.97. The number of hydrogen-bond acceptors (Lipinski definition) is 1. The molecule has 0 saturated carbocycles. The summed E-state index contributed by atoms with van der Waals surface area (Å²) < 4.78 is 0. The summed E-state index contributed by atoms with van der Waals surface area (Å²) in [7, 11) is 0. The molecule has 1 N–H and O–H groups in total. The molecular weight excluding hydrogens is 158 g/mol. The average molecular weight is 178 g/mol. The first-order valence-electron chi connectivity index (χ1n) is 4.51. The van der Waals surface area contributed by atoms with E-state index in [1.54, 1.807) is 0 Å². The molecular formula is C9H20ClN. The Morgan fingerprint density at radius 2 is 1.91 bits per heavy atom. The van der Waals surface area contributed by atoms with Gasteiger partial charge in [0, 0.05) is 0 Å². The molecule has 1 aliphatic heterocycles. The third-order valence-electron chi connectivity index (χ3n) is 2.56. The number of halogens is 1. The summed E-state index contributed by atoms with van der Waals surface area (Å²) in [5, 5.41) is 3.43. The maximum absolute atomic E-state index is 3.43. The van der Waals surface area contributed by atoms with Gasteiger partial charge in [0.05, 0.1) is 0 Å². The fourth-order valence-corrected chi connectivity index (χ4v) is 1.71. The van der Waals surface area contributed by atoms with Crippen molar-refractivity contribution in [1.29, 1.82) is 0 Å². The molecule has 0 aromatic heterocycles. The molecule has 1 aliphatic rings. The van der Waals surface area contributed by atoms with Crippen molar-refractivity contribution in [3.05, 3.63) is 0 Å². The first-order valence-corrected chi connectivity index (χ1v) is 4.51. The lowest BCUT2D eigenvalue weighted by atomic mass is 9.89. The summed E-state index contributed by atoms with van der Waals surface area (Å²) in [6.45, 7) is 7.16. The molecule has 0 aliphatic carbocycles. The van der Waals surface area contributed by atoms with Gasteiger partial charge in [-0.15, -0.1) is 12.4 Å². The Bertz CT molecular complexity index is 85.6. The second-order valence-electron chi connectivity index (χ2n) is 3.69. The highest BCUT2D eigenvalue weighted by atomic mass is 35.5. The summed E-state index contributed by atoms with van der Waals surface area (Å²) in [5.41, 5.74) is 0. The van der Waals surface area contributed by atoms with Crippen LogP contribution in [-0.2, 0) is 0 Å². The van der Waals surface area contributed by atoms with Crippen molar-refractivity contribution in [3.8, 4) is 0 Å². The Hall–Kier alpha value is 0.250. The van der Waals surface area contributed by atoms with Crippen LogP contribution in [0.2, 0.25) is 0 Å². The second kappa shape index (κ2) is 5.84. The Morgan fingerprint density at radius 1 is 1.18 bits per heavy atom. The van der Waals surface area contributed by atoms with E-state index < -0.39 is 0 Å². The number of hydrogen-bond donors (Lipinski definition) is 1. The van der Waals surface area contributed by atoms with E-state index in [1.807, 2.05) is 0 Å². The van der Waals surface area contributed by atoms with E-state index in [-0.39, 0.29) is 12.4 Å². The maximum atomic E-state index is 3.43. The van der Waals surface area contributed by atoms with Crippen LogP contribution < -0.4 is 5.32 Å². The van der Waals surface area contributed by atoms with Gasteiger partial charge in [0.15, 0.2) is 0 Å². The lowest BCUT2D eigenvalue weighted by Gasteiger charge is -2.16. The van der Waals surface area contributed by atoms with Gasteiger partial charge < -0.3 is 5.32 Å². The molecule has 0 radical (unpaired) electrons. The fraction of sp³-hybridized carbons (Fsp3) is 1.00. The van der Waals surface area contributed by atoms with Crippen LogP contribution in [0.3, 0.4) is 0 Å². The minimum absolute atomic E-state index is 0. The summed E-state index contributed by atoms with van der Waals surface area (Å²) in [6.07, 6.45) is 4.20. The second-order valence-corrected chi connectivity index (χ2v) is 3.69. The van der Waals surface area contributed by atoms with Gasteiger partial charge in [-0.2, -0.15) is 0 Å². The van der Waals surface area contributed by atoms with Gasteiger partial charge in [-0.25, -0.2) is 0 Å². The van der Waals surface area contributed by atoms with Crippen LogP contribution in [0.4, 0.5) is 0 Å². The number of rotatable bonds is 1. The quantitative estimate of drug-likeness (QED) is 0.649. The average Bonchev–Trinajstić information content (AvgIpc) is 2.12. The monoisotopic (exact) mass is 177 g/mol. The highest BCUT2D eigenvalue weighted by Crippen LogP contribution is 2.21. The largest absolute Gasteiger partial charge is 0.317 e. The molecule has 1 nitrogen and oxygen atoms in total. The van der Waals surface area contributed by atoms with Crippen LogP contribution in [0.25, 0.3) is 0 Å². The minimum Gasteiger partial charge on any atom is -0.317 e. The standard InChI is InChI=1S/C9H19N.ClH/c1-8(2)9-4-3-6-10-7-5-9;/h8-10H,3-7H2,1-2H3;1H. The minimum atomic E-state index is 0. The predicted molar refractivity (Wildman–Crippen MR) is 52.3 cm³/mol. The number of nitrogens with one attached hydrogen (secondary N) is 1. The topological polar surface area (TPSA) is 12.0 Å². The molecule has 0 aromatic rings. The van der Waals surface area contributed by atoms with E-state index in [0.717, 1.165) is 11.8 Å². The first kappa shape index (κ1) is 11.2. The molecule has 1 atom stereocenters. The predicted octanol–water partition coefficient (Wildman–Crippen LogP) is 2.45. The molecule has 1 fully saturated rings. The van der Waals surface area contributed by atoms with Crippen molar-refractivity contribution in [3.63, 3.8) is 0 Å². The SMILES string of the molecule is CC(C)C1CCCNCC1.Cl. The molecule has 2 heteroatoms. The third-order valence-corrected chi connectivity index (χ3v) is 2.56. The van der Waals surface area contributed by atoms with Gasteiger partial charge in [-0.3, -0.25) is 0 Å². The van der Waals surface area contributed by atoms with Crippen LogP contribution in [0, 0.1) is 11.8 Å². The molecule has 0 spiro atoms. The lowest BCUT2D eigenvalue weighted by molar-refractivity contribution is 0.350. The van der Waals surface area contributed by atoms with Crippen molar-refractivity contribution >= 4 is 12.4 Å². The maximum Gasteiger partial charge on any atom is -0.00462 e. The Morgan fingerprint density at radius 3 is 2.55 bits per heavy atom. The molecule has 1 unspecified atom stereocenters. The Kier molecular flexibility index (Phi) is 5.98. The van der Waals surface area contributed by atoms with Crippen molar-refractivity contribution in [2.45, 2.75) is 33.1 Å². The molecule has 0 aromatic carbocycles. The van der Waals surface area contributed by atoms with Crippen molar-refractivity contribution < 1.29 is 0 Å². The van der Waals surface area contributed by atoms with Gasteiger partial charge in [0.25, 0.3) is 0 Å². The zero-order chi connectivity index (χ0) is 7.40. The Labute approximate surface area is 76.4 Å². The van der Waals surface area contributed by atoms with Crippen LogP contribution in [0.5, 0.6) is 0 Å². The van der Waals surface area contributed by atoms with E-state index in [9.17, 15) is 0 Å². The van der Waals surface area contributed by atoms with Gasteiger partial charge in [0.1, 0.15) is 0 Å². The molecule has 68 valence electrons. The van der Waals surface area contributed by atoms with E-state index in [0.29, 0.717) is 0 Å². The van der Waals surface area contributed by atoms with Gasteiger partial charge in [0.2, 0.25) is 0 Å². The van der Waals surface area contributed by atoms with Crippen molar-refractivity contribution in [1.82, 2.24) is 5.32 Å². The molecule has 11 heavy (non-hydrogen) atoms. The summed E-state index contributed by atoms with van der Waals surface area (Å²) in [4.78, 5) is 0. The summed E-state index contributed by atoms with van der Waals surface area (Å²) >= 11 is 0. The van der Waals surface area contributed by atoms with Crippen molar-refractivity contribution in [2.24, 2.45) is 11.8 Å². The van der Waals surface area contributed by atoms with Crippen molar-refractivity contribution in [2.75, 3.05) is 13.1 Å². The van der Waals surface area contributed by atoms with Crippen LogP contribution in [0.1, 0.15) is 33.1 Å². The van der Waals surface area contributed by atoms with E-state index in [4.69, 9.17) is 0 Å². The zero-order valence-corrected chi connectivity index (χ0v) is 8.41. The molecule has 0 bridgehead atoms. The molecule has 1 heterocycles. The first-order chi connectivity index (χ1) is 4.80. The van der Waals surface area contributed by atoms with Crippen LogP contribution in [-0.4, -0.2) is 13.1 Å². The van der Waals surface area contributed by atoms with Gasteiger partial charge in [-0.1, -0.05) is 13.8 Å². The zero-order valence-electron chi connectivity index (χ0n) is 7.60. The van der Waals surface area contributed by atoms with E-state index in [2.05, 4.69) is 19.2 Å². The summed E-state index contributed by atoms with van der Waals surface area (Å²) in [6, 6.07) is 0. The van der Waals surface area contributed by atoms with E-state index in [1.165, 1.54) is 32.4 Å². The summed E-state index contributed by atoms with van der Waals surface area (Å²) in [5.74, 6) is 1.87. The van der Waals surface area contributed by atoms with Crippen LogP contribution >= 0.6 is 12.4 Å². The van der Waals surface area contributed by atoms with E-state index >= 15 is 0 Å². The van der Waals surface area contributed by atoms with Gasteiger partial charge in [-0.05, 0) is 44.2 Å². The lowest BCUT2D eigenvalue weighted by Crippen LogP contribution is -2.15. The smallest absolute Gasteiger partial charge is 0.00462 e. The Balaban J connectivity index is 0.000001000.